The molecule has 2 amide bonds. The molecular formula is C13H15N5O2S. The van der Waals surface area contributed by atoms with E-state index in [1.54, 1.807) is 17.3 Å². The minimum absolute atomic E-state index is 0.125. The Labute approximate surface area is 125 Å². The highest BCUT2D eigenvalue weighted by atomic mass is 32.1. The van der Waals surface area contributed by atoms with Crippen LogP contribution in [0.4, 0.5) is 5.69 Å². The van der Waals surface area contributed by atoms with Gasteiger partial charge in [0, 0.05) is 31.4 Å². The quantitative estimate of drug-likeness (QED) is 0.843. The number of nitrogens with zero attached hydrogens (tertiary/aromatic N) is 3. The number of primary amides is 1. The maximum absolute atomic E-state index is 12.6. The van der Waals surface area contributed by atoms with E-state index in [4.69, 9.17) is 11.5 Å². The SMILES string of the molecule is NC(=O)C1CCN(C(=O)c2sc3nccnc3c2N)CC1. The Hall–Kier alpha value is -2.22. The van der Waals surface area contributed by atoms with E-state index in [2.05, 4.69) is 9.97 Å². The zero-order valence-electron chi connectivity index (χ0n) is 11.3. The second-order valence-electron chi connectivity index (χ2n) is 5.02. The molecule has 1 aliphatic heterocycles. The second-order valence-corrected chi connectivity index (χ2v) is 6.02. The smallest absolute Gasteiger partial charge is 0.266 e. The molecule has 3 rings (SSSR count). The van der Waals surface area contributed by atoms with Gasteiger partial charge in [0.25, 0.3) is 5.91 Å². The standard InChI is InChI=1S/C13H15N5O2S/c14-8-9-12(17-4-3-16-9)21-10(8)13(20)18-5-1-7(2-6-18)11(15)19/h3-4,7H,1-2,5-6,14H2,(H2,15,19). The molecule has 4 N–H and O–H groups in total. The third-order valence-electron chi connectivity index (χ3n) is 3.74. The summed E-state index contributed by atoms with van der Waals surface area (Å²) in [6.45, 7) is 1.03. The monoisotopic (exact) mass is 305 g/mol. The van der Waals surface area contributed by atoms with Crippen molar-refractivity contribution in [2.45, 2.75) is 12.8 Å². The van der Waals surface area contributed by atoms with Gasteiger partial charge in [-0.2, -0.15) is 0 Å². The summed E-state index contributed by atoms with van der Waals surface area (Å²) in [5.74, 6) is -0.561. The van der Waals surface area contributed by atoms with E-state index in [0.29, 0.717) is 46.8 Å². The van der Waals surface area contributed by atoms with Gasteiger partial charge in [0.2, 0.25) is 5.91 Å². The number of rotatable bonds is 2. The fraction of sp³-hybridized carbons (Fsp3) is 0.385. The number of amides is 2. The van der Waals surface area contributed by atoms with Crippen LogP contribution in [0.2, 0.25) is 0 Å². The maximum Gasteiger partial charge on any atom is 0.266 e. The van der Waals surface area contributed by atoms with Crippen LogP contribution in [0.3, 0.4) is 0 Å². The van der Waals surface area contributed by atoms with Crippen LogP contribution in [-0.2, 0) is 4.79 Å². The summed E-state index contributed by atoms with van der Waals surface area (Å²) >= 11 is 1.25. The molecule has 1 fully saturated rings. The fourth-order valence-corrected chi connectivity index (χ4v) is 3.50. The molecule has 0 aromatic carbocycles. The molecule has 8 heteroatoms. The zero-order chi connectivity index (χ0) is 15.0. The van der Waals surface area contributed by atoms with Crippen LogP contribution in [-0.4, -0.2) is 39.8 Å². The van der Waals surface area contributed by atoms with Crippen molar-refractivity contribution in [1.82, 2.24) is 14.9 Å². The number of nitrogens with two attached hydrogens (primary N) is 2. The largest absolute Gasteiger partial charge is 0.396 e. The van der Waals surface area contributed by atoms with E-state index >= 15 is 0 Å². The number of hydrogen-bond acceptors (Lipinski definition) is 6. The van der Waals surface area contributed by atoms with E-state index in [1.807, 2.05) is 0 Å². The van der Waals surface area contributed by atoms with E-state index in [1.165, 1.54) is 11.3 Å². The predicted octanol–water partition coefficient (Wildman–Crippen LogP) is 0.611. The van der Waals surface area contributed by atoms with Gasteiger partial charge in [-0.3, -0.25) is 9.59 Å². The number of anilines is 1. The van der Waals surface area contributed by atoms with Crippen molar-refractivity contribution >= 4 is 39.2 Å². The van der Waals surface area contributed by atoms with Crippen molar-refractivity contribution in [2.24, 2.45) is 11.7 Å². The van der Waals surface area contributed by atoms with E-state index in [9.17, 15) is 9.59 Å². The van der Waals surface area contributed by atoms with Crippen LogP contribution in [0, 0.1) is 5.92 Å². The van der Waals surface area contributed by atoms with E-state index in [-0.39, 0.29) is 17.7 Å². The highest BCUT2D eigenvalue weighted by Gasteiger charge is 2.29. The molecule has 0 aliphatic carbocycles. The number of thiophene rings is 1. The van der Waals surface area contributed by atoms with Gasteiger partial charge in [-0.1, -0.05) is 0 Å². The molecule has 0 bridgehead atoms. The van der Waals surface area contributed by atoms with Crippen LogP contribution in [0.1, 0.15) is 22.5 Å². The maximum atomic E-state index is 12.6. The van der Waals surface area contributed by atoms with Crippen LogP contribution in [0.25, 0.3) is 10.3 Å². The van der Waals surface area contributed by atoms with Crippen molar-refractivity contribution in [1.29, 1.82) is 0 Å². The lowest BCUT2D eigenvalue weighted by molar-refractivity contribution is -0.123. The Bertz CT molecular complexity index is 706. The summed E-state index contributed by atoms with van der Waals surface area (Å²) in [7, 11) is 0. The number of hydrogen-bond donors (Lipinski definition) is 2. The lowest BCUT2D eigenvalue weighted by Gasteiger charge is -2.30. The molecule has 21 heavy (non-hydrogen) atoms. The molecule has 1 aliphatic rings. The summed E-state index contributed by atoms with van der Waals surface area (Å²) in [4.78, 5) is 34.9. The summed E-state index contributed by atoms with van der Waals surface area (Å²) in [6, 6.07) is 0. The van der Waals surface area contributed by atoms with Crippen LogP contribution in [0.5, 0.6) is 0 Å². The average Bonchev–Trinajstić information content (AvgIpc) is 2.84. The number of likely N-dealkylation sites (tertiary alicyclic amines) is 1. The first-order valence-corrected chi connectivity index (χ1v) is 7.47. The normalized spacial score (nSPS) is 16.3. The molecule has 0 atom stereocenters. The predicted molar refractivity (Wildman–Crippen MR) is 79.6 cm³/mol. The number of carbonyl (C=O) groups is 2. The van der Waals surface area contributed by atoms with Crippen LogP contribution >= 0.6 is 11.3 Å². The van der Waals surface area contributed by atoms with Crippen LogP contribution < -0.4 is 11.5 Å². The van der Waals surface area contributed by atoms with Gasteiger partial charge in [0.05, 0.1) is 5.69 Å². The molecule has 7 nitrogen and oxygen atoms in total. The Morgan fingerprint density at radius 1 is 1.24 bits per heavy atom. The van der Waals surface area contributed by atoms with Gasteiger partial charge in [0.15, 0.2) is 0 Å². The van der Waals surface area contributed by atoms with Crippen LogP contribution in [0.15, 0.2) is 12.4 Å². The number of carbonyl (C=O) groups excluding carboxylic acids is 2. The van der Waals surface area contributed by atoms with Crippen molar-refractivity contribution < 1.29 is 9.59 Å². The Morgan fingerprint density at radius 3 is 2.52 bits per heavy atom. The summed E-state index contributed by atoms with van der Waals surface area (Å²) < 4.78 is 0. The molecule has 2 aromatic rings. The summed E-state index contributed by atoms with van der Waals surface area (Å²) in [6.07, 6.45) is 4.33. The van der Waals surface area contributed by atoms with Crippen molar-refractivity contribution in [3.05, 3.63) is 17.3 Å². The molecular weight excluding hydrogens is 290 g/mol. The van der Waals surface area contributed by atoms with Gasteiger partial charge in [-0.15, -0.1) is 11.3 Å². The molecule has 3 heterocycles. The first kappa shape index (κ1) is 13.7. The number of aromatic nitrogens is 2. The first-order chi connectivity index (χ1) is 10.1. The third kappa shape index (κ3) is 2.42. The first-order valence-electron chi connectivity index (χ1n) is 6.65. The van der Waals surface area contributed by atoms with Crippen molar-refractivity contribution in [3.8, 4) is 0 Å². The topological polar surface area (TPSA) is 115 Å². The average molecular weight is 305 g/mol. The fourth-order valence-electron chi connectivity index (χ4n) is 2.51. The highest BCUT2D eigenvalue weighted by Crippen LogP contribution is 2.32. The third-order valence-corrected chi connectivity index (χ3v) is 4.83. The van der Waals surface area contributed by atoms with E-state index < -0.39 is 0 Å². The van der Waals surface area contributed by atoms with Crippen molar-refractivity contribution in [3.63, 3.8) is 0 Å². The van der Waals surface area contributed by atoms with Gasteiger partial charge >= 0.3 is 0 Å². The molecule has 1 saturated heterocycles. The Balaban J connectivity index is 1.82. The molecule has 110 valence electrons. The molecule has 0 saturated carbocycles. The highest BCUT2D eigenvalue weighted by molar-refractivity contribution is 7.21. The van der Waals surface area contributed by atoms with Gasteiger partial charge in [-0.05, 0) is 12.8 Å². The molecule has 0 spiro atoms. The number of nitrogen functional groups attached to an aromatic ring is 1. The minimum Gasteiger partial charge on any atom is -0.396 e. The molecule has 0 radical (unpaired) electrons. The van der Waals surface area contributed by atoms with Gasteiger partial charge < -0.3 is 16.4 Å². The van der Waals surface area contributed by atoms with Gasteiger partial charge in [-0.25, -0.2) is 9.97 Å². The number of fused-ring (bicyclic) bond motifs is 1. The summed E-state index contributed by atoms with van der Waals surface area (Å²) in [5.41, 5.74) is 12.3. The Morgan fingerprint density at radius 2 is 1.90 bits per heavy atom. The lowest BCUT2D eigenvalue weighted by Crippen LogP contribution is -2.41. The molecule has 2 aromatic heterocycles. The van der Waals surface area contributed by atoms with E-state index in [0.717, 1.165) is 0 Å². The minimum atomic E-state index is -0.295. The van der Waals surface area contributed by atoms with Gasteiger partial charge in [0.1, 0.15) is 15.2 Å². The number of piperidine rings is 1. The Kier molecular flexibility index (Phi) is 3.46. The van der Waals surface area contributed by atoms with Crippen molar-refractivity contribution in [2.75, 3.05) is 18.8 Å². The molecule has 0 unspecified atom stereocenters. The zero-order valence-corrected chi connectivity index (χ0v) is 12.1. The second kappa shape index (κ2) is 5.28. The lowest BCUT2D eigenvalue weighted by atomic mass is 9.96. The summed E-state index contributed by atoms with van der Waals surface area (Å²) in [5, 5.41) is 0.